The van der Waals surface area contributed by atoms with E-state index in [9.17, 15) is 9.59 Å². The zero-order valence-electron chi connectivity index (χ0n) is 7.26. The number of nitrogens with zero attached hydrogens (tertiary/aromatic N) is 1. The molecule has 0 unspecified atom stereocenters. The normalized spacial score (nSPS) is 7.30. The number of carbonyl (C=O) groups excluding carboxylic acids is 2. The van der Waals surface area contributed by atoms with E-state index in [-0.39, 0.29) is 11.7 Å². The van der Waals surface area contributed by atoms with Crippen molar-refractivity contribution in [3.63, 3.8) is 0 Å². The zero-order chi connectivity index (χ0) is 8.73. The third-order valence-electron chi connectivity index (χ3n) is 0.630. The molecule has 0 heterocycles. The summed E-state index contributed by atoms with van der Waals surface area (Å²) in [7, 11) is 3.45. The summed E-state index contributed by atoms with van der Waals surface area (Å²) in [6.07, 6.45) is 0. The minimum absolute atomic E-state index is 0.0926. The predicted octanol–water partition coefficient (Wildman–Crippen LogP) is 0.690. The van der Waals surface area contributed by atoms with Gasteiger partial charge in [0.25, 0.3) is 0 Å². The fourth-order valence-corrected chi connectivity index (χ4v) is 0. The standard InChI is InChI=1S/C4H9NO.C3H6O/c1-4(6)5(2)3;1-3(2)4/h1-3H3;1-2H3. The maximum Gasteiger partial charge on any atom is 0.218 e. The Morgan fingerprint density at radius 3 is 1.10 bits per heavy atom. The van der Waals surface area contributed by atoms with Crippen LogP contribution in [-0.2, 0) is 9.59 Å². The van der Waals surface area contributed by atoms with E-state index in [1.807, 2.05) is 0 Å². The van der Waals surface area contributed by atoms with Crippen LogP contribution >= 0.6 is 0 Å². The summed E-state index contributed by atoms with van der Waals surface area (Å²) in [6, 6.07) is 0. The predicted molar refractivity (Wildman–Crippen MR) is 40.7 cm³/mol. The van der Waals surface area contributed by atoms with Crippen LogP contribution in [0, 0.1) is 0 Å². The molecule has 0 fully saturated rings. The molecule has 60 valence electrons. The topological polar surface area (TPSA) is 37.4 Å². The minimum atomic E-state index is 0.0926. The van der Waals surface area contributed by atoms with Crippen LogP contribution in [0.3, 0.4) is 0 Å². The summed E-state index contributed by atoms with van der Waals surface area (Å²) in [5, 5.41) is 0. The van der Waals surface area contributed by atoms with E-state index in [0.29, 0.717) is 0 Å². The maximum absolute atomic E-state index is 10.1. The molecule has 0 N–H and O–H groups in total. The minimum Gasteiger partial charge on any atom is -0.349 e. The van der Waals surface area contributed by atoms with E-state index in [2.05, 4.69) is 0 Å². The van der Waals surface area contributed by atoms with Crippen LogP contribution in [0.1, 0.15) is 20.8 Å². The van der Waals surface area contributed by atoms with Crippen molar-refractivity contribution >= 4 is 11.7 Å². The van der Waals surface area contributed by atoms with Gasteiger partial charge in [-0.05, 0) is 13.8 Å². The van der Waals surface area contributed by atoms with E-state index in [1.54, 1.807) is 14.1 Å². The molecule has 0 rings (SSSR count). The second-order valence-electron chi connectivity index (χ2n) is 2.32. The lowest BCUT2D eigenvalue weighted by molar-refractivity contribution is -0.126. The Kier molecular flexibility index (Phi) is 7.44. The third kappa shape index (κ3) is 27.3. The maximum atomic E-state index is 10.1. The molecule has 0 aromatic rings. The second kappa shape index (κ2) is 6.26. The highest BCUT2D eigenvalue weighted by atomic mass is 16.2. The molecule has 0 atom stereocenters. The van der Waals surface area contributed by atoms with Crippen molar-refractivity contribution in [2.24, 2.45) is 0 Å². The van der Waals surface area contributed by atoms with E-state index in [4.69, 9.17) is 0 Å². The number of hydrogen-bond acceptors (Lipinski definition) is 2. The summed E-state index contributed by atoms with van der Waals surface area (Å²) in [5.74, 6) is 0.259. The van der Waals surface area contributed by atoms with Crippen molar-refractivity contribution in [3.8, 4) is 0 Å². The molecule has 1 amide bonds. The lowest BCUT2D eigenvalue weighted by atomic mass is 10.6. The second-order valence-corrected chi connectivity index (χ2v) is 2.32. The molecule has 0 radical (unpaired) electrons. The Labute approximate surface area is 62.0 Å². The SMILES string of the molecule is CC(=O)N(C)C.CC(C)=O. The van der Waals surface area contributed by atoms with Gasteiger partial charge in [-0.2, -0.15) is 0 Å². The van der Waals surface area contributed by atoms with Crippen molar-refractivity contribution in [3.05, 3.63) is 0 Å². The van der Waals surface area contributed by atoms with Gasteiger partial charge in [-0.15, -0.1) is 0 Å². The first kappa shape index (κ1) is 11.9. The van der Waals surface area contributed by atoms with Gasteiger partial charge < -0.3 is 9.69 Å². The number of carbonyl (C=O) groups is 2. The molecule has 0 aromatic carbocycles. The van der Waals surface area contributed by atoms with Gasteiger partial charge in [0.1, 0.15) is 5.78 Å². The first-order valence-electron chi connectivity index (χ1n) is 3.03. The molecule has 0 aliphatic rings. The van der Waals surface area contributed by atoms with Crippen LogP contribution in [0.2, 0.25) is 0 Å². The molecule has 0 aliphatic heterocycles. The van der Waals surface area contributed by atoms with Crippen molar-refractivity contribution in [2.45, 2.75) is 20.8 Å². The molecule has 0 aliphatic carbocycles. The molecule has 0 aromatic heterocycles. The number of ketones is 1. The molecular formula is C7H15NO2. The number of amides is 1. The molecule has 3 nitrogen and oxygen atoms in total. The van der Waals surface area contributed by atoms with Gasteiger partial charge in [0.15, 0.2) is 0 Å². The lowest BCUT2D eigenvalue weighted by Gasteiger charge is -2.02. The zero-order valence-corrected chi connectivity index (χ0v) is 7.26. The highest BCUT2D eigenvalue weighted by molar-refractivity contribution is 5.72. The van der Waals surface area contributed by atoms with Crippen LogP contribution in [-0.4, -0.2) is 30.7 Å². The van der Waals surface area contributed by atoms with Crippen molar-refractivity contribution in [2.75, 3.05) is 14.1 Å². The highest BCUT2D eigenvalue weighted by Gasteiger charge is 1.87. The molecule has 3 heteroatoms. The van der Waals surface area contributed by atoms with Gasteiger partial charge in [0, 0.05) is 21.0 Å². The Morgan fingerprint density at radius 1 is 1.00 bits per heavy atom. The number of hydrogen-bond donors (Lipinski definition) is 0. The van der Waals surface area contributed by atoms with E-state index in [1.165, 1.54) is 25.7 Å². The van der Waals surface area contributed by atoms with Crippen LogP contribution in [0.15, 0.2) is 0 Å². The van der Waals surface area contributed by atoms with Gasteiger partial charge in [0.05, 0.1) is 0 Å². The van der Waals surface area contributed by atoms with E-state index in [0.717, 1.165) is 0 Å². The average molecular weight is 145 g/mol. The van der Waals surface area contributed by atoms with Gasteiger partial charge in [-0.3, -0.25) is 4.79 Å². The summed E-state index contributed by atoms with van der Waals surface area (Å²) in [4.78, 5) is 21.0. The lowest BCUT2D eigenvalue weighted by Crippen LogP contribution is -2.17. The highest BCUT2D eigenvalue weighted by Crippen LogP contribution is 1.69. The molecular weight excluding hydrogens is 130 g/mol. The largest absolute Gasteiger partial charge is 0.349 e. The van der Waals surface area contributed by atoms with E-state index < -0.39 is 0 Å². The van der Waals surface area contributed by atoms with Crippen molar-refractivity contribution in [1.82, 2.24) is 4.90 Å². The Bertz CT molecular complexity index is 115. The Hall–Kier alpha value is -0.860. The van der Waals surface area contributed by atoms with Gasteiger partial charge in [-0.25, -0.2) is 0 Å². The fourth-order valence-electron chi connectivity index (χ4n) is 0. The smallest absolute Gasteiger partial charge is 0.218 e. The summed E-state index contributed by atoms with van der Waals surface area (Å²) < 4.78 is 0. The first-order chi connectivity index (χ1) is 4.37. The molecule has 10 heavy (non-hydrogen) atoms. The van der Waals surface area contributed by atoms with Crippen LogP contribution in [0.5, 0.6) is 0 Å². The quantitative estimate of drug-likeness (QED) is 0.503. The molecule has 0 saturated heterocycles. The Morgan fingerprint density at radius 2 is 1.10 bits per heavy atom. The van der Waals surface area contributed by atoms with Gasteiger partial charge >= 0.3 is 0 Å². The summed E-state index contributed by atoms with van der Waals surface area (Å²) >= 11 is 0. The monoisotopic (exact) mass is 145 g/mol. The van der Waals surface area contributed by atoms with Gasteiger partial charge in [0.2, 0.25) is 5.91 Å². The van der Waals surface area contributed by atoms with Crippen LogP contribution in [0.25, 0.3) is 0 Å². The third-order valence-corrected chi connectivity index (χ3v) is 0.630. The molecule has 0 bridgehead atoms. The molecule has 0 saturated carbocycles. The first-order valence-corrected chi connectivity index (χ1v) is 3.03. The van der Waals surface area contributed by atoms with Crippen LogP contribution < -0.4 is 0 Å². The average Bonchev–Trinajstić information content (AvgIpc) is 1.63. The van der Waals surface area contributed by atoms with Crippen LogP contribution in [0.4, 0.5) is 0 Å². The van der Waals surface area contributed by atoms with Gasteiger partial charge in [-0.1, -0.05) is 0 Å². The molecule has 0 spiro atoms. The summed E-state index contributed by atoms with van der Waals surface area (Å²) in [6.45, 7) is 4.58. The van der Waals surface area contributed by atoms with E-state index >= 15 is 0 Å². The summed E-state index contributed by atoms with van der Waals surface area (Å²) in [5.41, 5.74) is 0. The number of rotatable bonds is 0. The van der Waals surface area contributed by atoms with Crippen molar-refractivity contribution < 1.29 is 9.59 Å². The fraction of sp³-hybridized carbons (Fsp3) is 0.714. The van der Waals surface area contributed by atoms with Crippen molar-refractivity contribution in [1.29, 1.82) is 0 Å². The Balaban J connectivity index is 0. The number of Topliss-reactive ketones (excluding diaryl/α,β-unsaturated/α-hetero) is 1.